The van der Waals surface area contributed by atoms with E-state index in [1.807, 2.05) is 10.9 Å². The molecule has 0 N–H and O–H groups in total. The summed E-state index contributed by atoms with van der Waals surface area (Å²) >= 11 is 0. The molecule has 1 aromatic heterocycles. The van der Waals surface area contributed by atoms with E-state index in [4.69, 9.17) is 4.74 Å². The van der Waals surface area contributed by atoms with Crippen molar-refractivity contribution in [3.63, 3.8) is 0 Å². The summed E-state index contributed by atoms with van der Waals surface area (Å²) in [6.07, 6.45) is 2.99. The van der Waals surface area contributed by atoms with E-state index in [1.54, 1.807) is 7.11 Å². The minimum Gasteiger partial charge on any atom is -0.383 e. The van der Waals surface area contributed by atoms with Crippen LogP contribution in [0.5, 0.6) is 0 Å². The summed E-state index contributed by atoms with van der Waals surface area (Å²) in [6, 6.07) is 6.50. The summed E-state index contributed by atoms with van der Waals surface area (Å²) in [6.45, 7) is 3.67. The quantitative estimate of drug-likeness (QED) is 0.763. The molecule has 1 heterocycles. The molecule has 80 valence electrons. The fraction of sp³-hybridized carbons (Fsp3) is 0.417. The van der Waals surface area contributed by atoms with Crippen LogP contribution in [0.15, 0.2) is 24.4 Å². The van der Waals surface area contributed by atoms with Gasteiger partial charge in [0.25, 0.3) is 0 Å². The molecule has 0 radical (unpaired) electrons. The summed E-state index contributed by atoms with van der Waals surface area (Å²) < 4.78 is 7.03. The van der Waals surface area contributed by atoms with E-state index in [9.17, 15) is 0 Å². The Morgan fingerprint density at radius 1 is 1.40 bits per heavy atom. The average Bonchev–Trinajstić information content (AvgIpc) is 2.68. The maximum absolute atomic E-state index is 5.05. The van der Waals surface area contributed by atoms with Crippen molar-refractivity contribution in [3.05, 3.63) is 30.0 Å². The van der Waals surface area contributed by atoms with Crippen LogP contribution in [0.4, 0.5) is 0 Å². The Kier molecular flexibility index (Phi) is 3.02. The number of nitrogens with zero attached hydrogens (tertiary/aromatic N) is 2. The van der Waals surface area contributed by atoms with Crippen LogP contribution in [0.3, 0.4) is 0 Å². The van der Waals surface area contributed by atoms with Gasteiger partial charge in [0.2, 0.25) is 0 Å². The van der Waals surface area contributed by atoms with E-state index in [-0.39, 0.29) is 0 Å². The molecular weight excluding hydrogens is 188 g/mol. The summed E-state index contributed by atoms with van der Waals surface area (Å²) in [5.74, 6) is 0. The molecular formula is C12H16N2O. The lowest BCUT2D eigenvalue weighted by Gasteiger charge is -2.02. The van der Waals surface area contributed by atoms with Gasteiger partial charge in [0.05, 0.1) is 24.9 Å². The molecule has 0 fully saturated rings. The maximum atomic E-state index is 5.05. The zero-order chi connectivity index (χ0) is 10.7. The molecule has 0 aliphatic rings. The molecule has 3 nitrogen and oxygen atoms in total. The smallest absolute Gasteiger partial charge is 0.0683 e. The van der Waals surface area contributed by atoms with Gasteiger partial charge in [-0.2, -0.15) is 5.10 Å². The van der Waals surface area contributed by atoms with Gasteiger partial charge in [-0.3, -0.25) is 4.68 Å². The van der Waals surface area contributed by atoms with Crippen molar-refractivity contribution in [2.45, 2.75) is 19.9 Å². The topological polar surface area (TPSA) is 27.1 Å². The molecule has 0 spiro atoms. The van der Waals surface area contributed by atoms with Gasteiger partial charge in [-0.05, 0) is 24.1 Å². The molecule has 0 amide bonds. The standard InChI is InChI=1S/C12H16N2O/c1-3-10-4-5-12-11(8-10)9-13-14(12)6-7-15-2/h4-5,8-9H,3,6-7H2,1-2H3. The Morgan fingerprint density at radius 3 is 3.00 bits per heavy atom. The number of methoxy groups -OCH3 is 1. The lowest BCUT2D eigenvalue weighted by Crippen LogP contribution is -2.05. The van der Waals surface area contributed by atoms with Crippen molar-refractivity contribution in [2.75, 3.05) is 13.7 Å². The van der Waals surface area contributed by atoms with E-state index in [0.717, 1.165) is 13.0 Å². The van der Waals surface area contributed by atoms with Crippen molar-refractivity contribution in [3.8, 4) is 0 Å². The first-order chi connectivity index (χ1) is 7.35. The SMILES string of the molecule is CCc1ccc2c(cnn2CCOC)c1. The fourth-order valence-electron chi connectivity index (χ4n) is 1.71. The van der Waals surface area contributed by atoms with Crippen LogP contribution in [0.1, 0.15) is 12.5 Å². The van der Waals surface area contributed by atoms with Crippen molar-refractivity contribution in [1.29, 1.82) is 0 Å². The summed E-state index contributed by atoms with van der Waals surface area (Å²) in [7, 11) is 1.71. The van der Waals surface area contributed by atoms with Crippen LogP contribution < -0.4 is 0 Å². The monoisotopic (exact) mass is 204 g/mol. The van der Waals surface area contributed by atoms with Crippen molar-refractivity contribution >= 4 is 10.9 Å². The van der Waals surface area contributed by atoms with E-state index in [1.165, 1.54) is 16.5 Å². The molecule has 0 aliphatic heterocycles. The molecule has 0 bridgehead atoms. The molecule has 0 saturated heterocycles. The average molecular weight is 204 g/mol. The number of hydrogen-bond acceptors (Lipinski definition) is 2. The van der Waals surface area contributed by atoms with Crippen LogP contribution >= 0.6 is 0 Å². The first-order valence-corrected chi connectivity index (χ1v) is 5.28. The highest BCUT2D eigenvalue weighted by molar-refractivity contribution is 5.79. The lowest BCUT2D eigenvalue weighted by atomic mass is 10.1. The molecule has 1 aromatic carbocycles. The fourth-order valence-corrected chi connectivity index (χ4v) is 1.71. The third kappa shape index (κ3) is 2.02. The third-order valence-electron chi connectivity index (χ3n) is 2.62. The van der Waals surface area contributed by atoms with Gasteiger partial charge in [-0.1, -0.05) is 13.0 Å². The van der Waals surface area contributed by atoms with Gasteiger partial charge in [-0.25, -0.2) is 0 Å². The van der Waals surface area contributed by atoms with Crippen LogP contribution in [0.25, 0.3) is 10.9 Å². The maximum Gasteiger partial charge on any atom is 0.0683 e. The number of hydrogen-bond donors (Lipinski definition) is 0. The first-order valence-electron chi connectivity index (χ1n) is 5.28. The van der Waals surface area contributed by atoms with Crippen LogP contribution in [0.2, 0.25) is 0 Å². The molecule has 0 atom stereocenters. The molecule has 0 aliphatic carbocycles. The Hall–Kier alpha value is -1.35. The normalized spacial score (nSPS) is 11.1. The van der Waals surface area contributed by atoms with Gasteiger partial charge in [0, 0.05) is 12.5 Å². The summed E-state index contributed by atoms with van der Waals surface area (Å²) in [5.41, 5.74) is 2.54. The Labute approximate surface area is 89.7 Å². The van der Waals surface area contributed by atoms with Crippen LogP contribution in [-0.4, -0.2) is 23.5 Å². The van der Waals surface area contributed by atoms with Crippen molar-refractivity contribution in [2.24, 2.45) is 0 Å². The van der Waals surface area contributed by atoms with Crippen LogP contribution in [-0.2, 0) is 17.7 Å². The number of aromatic nitrogens is 2. The summed E-state index contributed by atoms with van der Waals surface area (Å²) in [4.78, 5) is 0. The Balaban J connectivity index is 2.34. The van der Waals surface area contributed by atoms with E-state index < -0.39 is 0 Å². The van der Waals surface area contributed by atoms with Gasteiger partial charge >= 0.3 is 0 Å². The number of benzene rings is 1. The van der Waals surface area contributed by atoms with Gasteiger partial charge < -0.3 is 4.74 Å². The van der Waals surface area contributed by atoms with E-state index >= 15 is 0 Å². The molecule has 3 heteroatoms. The molecule has 2 aromatic rings. The minimum absolute atomic E-state index is 0.701. The number of rotatable bonds is 4. The predicted molar refractivity (Wildman–Crippen MR) is 61.0 cm³/mol. The molecule has 15 heavy (non-hydrogen) atoms. The highest BCUT2D eigenvalue weighted by Gasteiger charge is 2.02. The van der Waals surface area contributed by atoms with Gasteiger partial charge in [0.15, 0.2) is 0 Å². The number of aryl methyl sites for hydroxylation is 1. The number of ether oxygens (including phenoxy) is 1. The third-order valence-corrected chi connectivity index (χ3v) is 2.62. The largest absolute Gasteiger partial charge is 0.383 e. The van der Waals surface area contributed by atoms with Gasteiger partial charge in [0.1, 0.15) is 0 Å². The second kappa shape index (κ2) is 4.45. The van der Waals surface area contributed by atoms with Crippen molar-refractivity contribution < 1.29 is 4.74 Å². The predicted octanol–water partition coefficient (Wildman–Crippen LogP) is 2.25. The first kappa shape index (κ1) is 10.2. The second-order valence-corrected chi connectivity index (χ2v) is 3.61. The zero-order valence-electron chi connectivity index (χ0n) is 9.23. The molecule has 0 unspecified atom stereocenters. The molecule has 0 saturated carbocycles. The van der Waals surface area contributed by atoms with E-state index in [2.05, 4.69) is 30.2 Å². The highest BCUT2D eigenvalue weighted by Crippen LogP contribution is 2.15. The highest BCUT2D eigenvalue weighted by atomic mass is 16.5. The van der Waals surface area contributed by atoms with Crippen molar-refractivity contribution in [1.82, 2.24) is 9.78 Å². The zero-order valence-corrected chi connectivity index (χ0v) is 9.23. The van der Waals surface area contributed by atoms with Crippen LogP contribution in [0, 0.1) is 0 Å². The number of fused-ring (bicyclic) bond motifs is 1. The summed E-state index contributed by atoms with van der Waals surface area (Å²) in [5, 5.41) is 5.56. The Bertz CT molecular complexity index is 448. The van der Waals surface area contributed by atoms with Gasteiger partial charge in [-0.15, -0.1) is 0 Å². The molecule has 2 rings (SSSR count). The second-order valence-electron chi connectivity index (χ2n) is 3.61. The Morgan fingerprint density at radius 2 is 2.27 bits per heavy atom. The van der Waals surface area contributed by atoms with E-state index in [0.29, 0.717) is 6.61 Å². The minimum atomic E-state index is 0.701. The lowest BCUT2D eigenvalue weighted by molar-refractivity contribution is 0.185.